The minimum absolute atomic E-state index is 0.0109. The standard InChI is InChI=1S/C13H16N4O4/c1-2-9(7-8-12(19)20)17(16-15-14)13(21)10-5-3-4-6-11(10)18/h3-6,9,14H,2,7-8H2,1H3,(H-,18,19,20,21). The summed E-state index contributed by atoms with van der Waals surface area (Å²) < 4.78 is 0. The van der Waals surface area contributed by atoms with Crippen LogP contribution >= 0.6 is 0 Å². The summed E-state index contributed by atoms with van der Waals surface area (Å²) in [5.41, 5.74) is 6.81. The third-order valence-electron chi connectivity index (χ3n) is 2.98. The van der Waals surface area contributed by atoms with Crippen molar-refractivity contribution in [3.05, 3.63) is 29.8 Å². The number of amides is 1. The number of nitrogens with zero attached hydrogens (tertiary/aromatic N) is 3. The van der Waals surface area contributed by atoms with Gasteiger partial charge in [-0.25, -0.2) is 4.79 Å². The highest BCUT2D eigenvalue weighted by Gasteiger charge is 2.33. The van der Waals surface area contributed by atoms with E-state index in [1.165, 1.54) is 12.1 Å². The number of carboxylic acids is 1. The van der Waals surface area contributed by atoms with Crippen LogP contribution in [0.25, 0.3) is 0 Å². The first-order valence-electron chi connectivity index (χ1n) is 6.40. The maximum Gasteiger partial charge on any atom is 0.366 e. The molecule has 21 heavy (non-hydrogen) atoms. The van der Waals surface area contributed by atoms with Crippen molar-refractivity contribution in [1.29, 1.82) is 5.53 Å². The minimum atomic E-state index is -1.23. The van der Waals surface area contributed by atoms with Crippen LogP contribution in [-0.2, 0) is 4.79 Å². The molecule has 1 aromatic carbocycles. The van der Waals surface area contributed by atoms with Gasteiger partial charge < -0.3 is 15.0 Å². The second-order valence-electron chi connectivity index (χ2n) is 4.33. The highest BCUT2D eigenvalue weighted by Crippen LogP contribution is 2.21. The number of rotatable bonds is 7. The number of benzene rings is 1. The van der Waals surface area contributed by atoms with Crippen molar-refractivity contribution >= 4 is 11.9 Å². The van der Waals surface area contributed by atoms with Gasteiger partial charge in [0.1, 0.15) is 17.4 Å². The highest BCUT2D eigenvalue weighted by molar-refractivity contribution is 5.96. The second kappa shape index (κ2) is 7.76. The molecule has 0 spiro atoms. The van der Waals surface area contributed by atoms with Crippen LogP contribution in [0.15, 0.2) is 29.5 Å². The number of aromatic hydroxyl groups is 1. The molecule has 0 heterocycles. The predicted molar refractivity (Wildman–Crippen MR) is 69.9 cm³/mol. The normalized spacial score (nSPS) is 11.3. The average molecular weight is 292 g/mol. The summed E-state index contributed by atoms with van der Waals surface area (Å²) in [7, 11) is 0. The van der Waals surface area contributed by atoms with Crippen LogP contribution in [0.1, 0.15) is 36.5 Å². The number of carbonyl (C=O) groups excluding carboxylic acids is 2. The first-order valence-corrected chi connectivity index (χ1v) is 6.40. The molecule has 112 valence electrons. The van der Waals surface area contributed by atoms with Crippen molar-refractivity contribution in [2.45, 2.75) is 32.2 Å². The molecule has 0 saturated carbocycles. The molecule has 1 rings (SSSR count). The van der Waals surface area contributed by atoms with Gasteiger partial charge in [0.25, 0.3) is 0 Å². The predicted octanol–water partition coefficient (Wildman–Crippen LogP) is 0.608. The number of hydrogen-bond acceptors (Lipinski definition) is 6. The summed E-state index contributed by atoms with van der Waals surface area (Å²) in [4.78, 5) is 25.8. The number of hydrogen-bond donors (Lipinski definition) is 2. The zero-order valence-electron chi connectivity index (χ0n) is 11.5. The van der Waals surface area contributed by atoms with Gasteiger partial charge in [0.15, 0.2) is 0 Å². The van der Waals surface area contributed by atoms with E-state index >= 15 is 0 Å². The van der Waals surface area contributed by atoms with E-state index in [0.717, 1.165) is 5.01 Å². The first-order chi connectivity index (χ1) is 10.0. The van der Waals surface area contributed by atoms with E-state index < -0.39 is 17.9 Å². The Morgan fingerprint density at radius 3 is 2.67 bits per heavy atom. The average Bonchev–Trinajstić information content (AvgIpc) is 2.46. The van der Waals surface area contributed by atoms with E-state index in [1.807, 2.05) is 0 Å². The molecule has 8 nitrogen and oxygen atoms in total. The molecule has 1 atom stereocenters. The Hall–Kier alpha value is -2.73. The lowest BCUT2D eigenvalue weighted by Crippen LogP contribution is -2.37. The fraction of sp³-hybridized carbons (Fsp3) is 0.385. The maximum atomic E-state index is 12.4. The molecule has 2 N–H and O–H groups in total. The molecule has 1 amide bonds. The van der Waals surface area contributed by atoms with E-state index in [-0.39, 0.29) is 24.2 Å². The Morgan fingerprint density at radius 2 is 2.14 bits per heavy atom. The van der Waals surface area contributed by atoms with E-state index in [0.29, 0.717) is 6.42 Å². The van der Waals surface area contributed by atoms with Crippen LogP contribution in [0.4, 0.5) is 0 Å². The number of nitrogens with one attached hydrogen (secondary N) is 1. The summed E-state index contributed by atoms with van der Waals surface area (Å²) in [6.07, 6.45) is 0.305. The van der Waals surface area contributed by atoms with Crippen LogP contribution in [0.2, 0.25) is 0 Å². The number of phenols is 1. The van der Waals surface area contributed by atoms with Crippen LogP contribution in [0, 0.1) is 5.53 Å². The largest absolute Gasteiger partial charge is 0.550 e. The quantitative estimate of drug-likeness (QED) is 0.433. The summed E-state index contributed by atoms with van der Waals surface area (Å²) >= 11 is 0. The van der Waals surface area contributed by atoms with Crippen molar-refractivity contribution in [3.8, 4) is 5.75 Å². The Morgan fingerprint density at radius 1 is 1.48 bits per heavy atom. The Balaban J connectivity index is 3.04. The molecule has 8 heteroatoms. The Bertz CT molecular complexity index is 569. The van der Waals surface area contributed by atoms with Gasteiger partial charge in [-0.2, -0.15) is 0 Å². The summed E-state index contributed by atoms with van der Waals surface area (Å²) in [5, 5.41) is 24.6. The highest BCUT2D eigenvalue weighted by atomic mass is 16.4. The number of aliphatic carboxylic acids is 1. The zero-order chi connectivity index (χ0) is 15.8. The van der Waals surface area contributed by atoms with Crippen molar-refractivity contribution in [2.24, 2.45) is 5.22 Å². The molecule has 1 unspecified atom stereocenters. The van der Waals surface area contributed by atoms with Gasteiger partial charge in [-0.15, -0.1) is 0 Å². The molecule has 0 aliphatic heterocycles. The van der Waals surface area contributed by atoms with Crippen LogP contribution in [0.5, 0.6) is 5.75 Å². The third kappa shape index (κ3) is 4.39. The van der Waals surface area contributed by atoms with Crippen LogP contribution < -0.4 is 10.0 Å². The molecule has 0 aliphatic rings. The van der Waals surface area contributed by atoms with Crippen LogP contribution in [0.3, 0.4) is 0 Å². The van der Waals surface area contributed by atoms with Gasteiger partial charge in [-0.1, -0.05) is 24.1 Å². The van der Waals surface area contributed by atoms with E-state index in [4.69, 9.17) is 5.53 Å². The van der Waals surface area contributed by atoms with E-state index in [2.05, 4.69) is 10.1 Å². The zero-order valence-corrected chi connectivity index (χ0v) is 11.5. The van der Waals surface area contributed by atoms with Gasteiger partial charge in [-0.05, 0) is 36.9 Å². The molecular formula is C13H16N4O4. The number of carboxylic acid groups (broad SMARTS) is 1. The van der Waals surface area contributed by atoms with Crippen LogP contribution in [-0.4, -0.2) is 28.0 Å². The lowest BCUT2D eigenvalue weighted by molar-refractivity contribution is -0.306. The molecule has 0 bridgehead atoms. The fourth-order valence-corrected chi connectivity index (χ4v) is 1.89. The maximum absolute atomic E-state index is 12.4. The van der Waals surface area contributed by atoms with Gasteiger partial charge in [0.05, 0.1) is 4.91 Å². The molecular weight excluding hydrogens is 276 g/mol. The second-order valence-corrected chi connectivity index (χ2v) is 4.33. The van der Waals surface area contributed by atoms with Gasteiger partial charge in [-0.3, -0.25) is 0 Å². The van der Waals surface area contributed by atoms with Crippen molar-refractivity contribution < 1.29 is 19.8 Å². The number of carbonyl (C=O) groups is 2. The number of para-hydroxylation sites is 1. The molecule has 0 aliphatic carbocycles. The smallest absolute Gasteiger partial charge is 0.366 e. The van der Waals surface area contributed by atoms with Gasteiger partial charge in [0.2, 0.25) is 5.22 Å². The molecule has 0 fully saturated rings. The van der Waals surface area contributed by atoms with Crippen molar-refractivity contribution in [2.75, 3.05) is 0 Å². The van der Waals surface area contributed by atoms with Gasteiger partial charge >= 0.3 is 5.91 Å². The fourth-order valence-electron chi connectivity index (χ4n) is 1.89. The lowest BCUT2D eigenvalue weighted by atomic mass is 10.1. The van der Waals surface area contributed by atoms with Gasteiger partial charge in [0, 0.05) is 5.97 Å². The third-order valence-corrected chi connectivity index (χ3v) is 2.98. The summed E-state index contributed by atoms with van der Waals surface area (Å²) in [5.74, 6) is -2.09. The van der Waals surface area contributed by atoms with E-state index in [9.17, 15) is 19.8 Å². The van der Waals surface area contributed by atoms with Crippen molar-refractivity contribution in [1.82, 2.24) is 9.92 Å². The molecule has 0 saturated heterocycles. The number of phenolic OH excluding ortho intramolecular Hbond substituents is 1. The minimum Gasteiger partial charge on any atom is -0.550 e. The summed E-state index contributed by atoms with van der Waals surface area (Å²) in [6.45, 7) is 1.75. The summed E-state index contributed by atoms with van der Waals surface area (Å²) in [6, 6.07) is 5.35. The Kier molecular flexibility index (Phi) is 6.03. The van der Waals surface area contributed by atoms with Crippen molar-refractivity contribution in [3.63, 3.8) is 0 Å². The monoisotopic (exact) mass is 292 g/mol. The molecule has 0 aromatic heterocycles. The SMILES string of the molecule is CCC(CCC(=O)[O-])N(N=[N+]=N)C(=O)c1ccccc1O. The molecule has 0 radical (unpaired) electrons. The first kappa shape index (κ1) is 16.3. The Labute approximate surface area is 121 Å². The topological polar surface area (TPSA) is 131 Å². The lowest BCUT2D eigenvalue weighted by Gasteiger charge is -2.17. The van der Waals surface area contributed by atoms with E-state index in [1.54, 1.807) is 19.1 Å². The molecule has 1 aromatic rings.